The first-order valence-electron chi connectivity index (χ1n) is 5.49. The molecule has 18 heavy (non-hydrogen) atoms. The van der Waals surface area contributed by atoms with Crippen LogP contribution in [0.15, 0.2) is 0 Å². The van der Waals surface area contributed by atoms with Gasteiger partial charge in [0.2, 0.25) is 0 Å². The van der Waals surface area contributed by atoms with Gasteiger partial charge in [0.1, 0.15) is 12.7 Å². The van der Waals surface area contributed by atoms with Crippen molar-refractivity contribution < 1.29 is 28.6 Å². The van der Waals surface area contributed by atoms with Crippen LogP contribution >= 0.6 is 11.8 Å². The molecule has 0 radical (unpaired) electrons. The maximum atomic E-state index is 11.0. The van der Waals surface area contributed by atoms with Crippen LogP contribution in [0.4, 0.5) is 0 Å². The van der Waals surface area contributed by atoms with Gasteiger partial charge in [0.15, 0.2) is 6.10 Å². The lowest BCUT2D eigenvalue weighted by molar-refractivity contribution is -0.163. The maximum absolute atomic E-state index is 11.0. The van der Waals surface area contributed by atoms with Crippen LogP contribution in [0.1, 0.15) is 20.8 Å². The summed E-state index contributed by atoms with van der Waals surface area (Å²) in [5, 5.41) is -0.206. The molecule has 0 aromatic heterocycles. The summed E-state index contributed by atoms with van der Waals surface area (Å²) in [5.41, 5.74) is 0. The number of esters is 3. The second-order valence-corrected chi connectivity index (χ2v) is 5.17. The normalized spacial score (nSPS) is 26.5. The molecule has 1 rings (SSSR count). The first-order valence-corrected chi connectivity index (χ1v) is 6.54. The van der Waals surface area contributed by atoms with Gasteiger partial charge in [-0.15, -0.1) is 11.8 Å². The van der Waals surface area contributed by atoms with Crippen molar-refractivity contribution in [1.82, 2.24) is 0 Å². The molecule has 0 saturated carbocycles. The van der Waals surface area contributed by atoms with Gasteiger partial charge in [-0.1, -0.05) is 0 Å². The van der Waals surface area contributed by atoms with Crippen LogP contribution in [-0.2, 0) is 28.6 Å². The zero-order chi connectivity index (χ0) is 13.7. The number of hydrogen-bond donors (Lipinski definition) is 0. The van der Waals surface area contributed by atoms with Gasteiger partial charge < -0.3 is 14.2 Å². The maximum Gasteiger partial charge on any atom is 0.303 e. The molecule has 0 spiro atoms. The van der Waals surface area contributed by atoms with Crippen LogP contribution < -0.4 is 0 Å². The van der Waals surface area contributed by atoms with Crippen LogP contribution in [0.2, 0.25) is 0 Å². The predicted molar refractivity (Wildman–Crippen MR) is 64.0 cm³/mol. The van der Waals surface area contributed by atoms with Crippen LogP contribution in [0.5, 0.6) is 0 Å². The van der Waals surface area contributed by atoms with E-state index >= 15 is 0 Å². The topological polar surface area (TPSA) is 78.9 Å². The summed E-state index contributed by atoms with van der Waals surface area (Å²) in [4.78, 5) is 32.7. The quantitative estimate of drug-likeness (QED) is 0.547. The molecule has 0 N–H and O–H groups in total. The SMILES string of the molecule is CC(=O)OC[C@H]1SC[C@H](OC(C)=O)[C@H]1OC(C)=O. The summed E-state index contributed by atoms with van der Waals surface area (Å²) < 4.78 is 15.1. The molecule has 0 bridgehead atoms. The summed E-state index contributed by atoms with van der Waals surface area (Å²) in [5.74, 6) is -0.754. The lowest BCUT2D eigenvalue weighted by atomic mass is 10.1. The Hall–Kier alpha value is -1.24. The molecule has 3 atom stereocenters. The van der Waals surface area contributed by atoms with Crippen LogP contribution in [0.25, 0.3) is 0 Å². The fraction of sp³-hybridized carbons (Fsp3) is 0.727. The van der Waals surface area contributed by atoms with Crippen molar-refractivity contribution in [3.05, 3.63) is 0 Å². The second kappa shape index (κ2) is 6.63. The highest BCUT2D eigenvalue weighted by atomic mass is 32.2. The lowest BCUT2D eigenvalue weighted by Crippen LogP contribution is -2.39. The van der Waals surface area contributed by atoms with Crippen molar-refractivity contribution in [3.63, 3.8) is 0 Å². The Morgan fingerprint density at radius 3 is 2.17 bits per heavy atom. The molecule has 1 aliphatic rings. The zero-order valence-corrected chi connectivity index (χ0v) is 11.3. The highest BCUT2D eigenvalue weighted by Gasteiger charge is 2.42. The predicted octanol–water partition coefficient (Wildman–Crippen LogP) is 0.528. The third-order valence-corrected chi connectivity index (χ3v) is 3.63. The van der Waals surface area contributed by atoms with Gasteiger partial charge in [0.05, 0.1) is 5.25 Å². The number of rotatable bonds is 4. The molecule has 1 heterocycles. The Balaban J connectivity index is 2.63. The monoisotopic (exact) mass is 276 g/mol. The van der Waals surface area contributed by atoms with E-state index in [0.717, 1.165) is 0 Å². The fourth-order valence-electron chi connectivity index (χ4n) is 1.65. The third-order valence-electron chi connectivity index (χ3n) is 2.28. The molecule has 0 unspecified atom stereocenters. The Labute approximate surface area is 109 Å². The molecule has 0 aromatic carbocycles. The number of thioether (sulfide) groups is 1. The van der Waals surface area contributed by atoms with Crippen LogP contribution in [0, 0.1) is 0 Å². The Kier molecular flexibility index (Phi) is 5.46. The van der Waals surface area contributed by atoms with Crippen molar-refractivity contribution in [2.75, 3.05) is 12.4 Å². The van der Waals surface area contributed by atoms with Gasteiger partial charge in [-0.2, -0.15) is 0 Å². The number of ether oxygens (including phenoxy) is 3. The molecule has 0 aliphatic carbocycles. The van der Waals surface area contributed by atoms with Crippen molar-refractivity contribution in [1.29, 1.82) is 0 Å². The molecule has 0 amide bonds. The van der Waals surface area contributed by atoms with Gasteiger partial charge >= 0.3 is 17.9 Å². The first-order chi connectivity index (χ1) is 8.40. The van der Waals surface area contributed by atoms with Crippen molar-refractivity contribution in [2.24, 2.45) is 0 Å². The average Bonchev–Trinajstić information content (AvgIpc) is 2.57. The first kappa shape index (κ1) is 14.8. The zero-order valence-electron chi connectivity index (χ0n) is 10.5. The summed E-state index contributed by atoms with van der Waals surface area (Å²) in [6.07, 6.45) is -1.06. The van der Waals surface area contributed by atoms with Gasteiger partial charge in [0, 0.05) is 26.5 Å². The molecule has 6 nitrogen and oxygen atoms in total. The van der Waals surface area contributed by atoms with E-state index in [1.807, 2.05) is 0 Å². The molecular weight excluding hydrogens is 260 g/mol. The molecule has 102 valence electrons. The standard InChI is InChI=1S/C11H16O6S/c1-6(12)15-4-10-11(17-8(3)14)9(5-18-10)16-7(2)13/h9-11H,4-5H2,1-3H3/t9-,10+,11+/m0/s1. The Morgan fingerprint density at radius 2 is 1.67 bits per heavy atom. The van der Waals surface area contributed by atoms with E-state index in [1.165, 1.54) is 32.5 Å². The van der Waals surface area contributed by atoms with Crippen LogP contribution in [-0.4, -0.2) is 47.7 Å². The number of carbonyl (C=O) groups is 3. The van der Waals surface area contributed by atoms with Crippen molar-refractivity contribution in [3.8, 4) is 0 Å². The minimum atomic E-state index is -0.573. The van der Waals surface area contributed by atoms with Gasteiger partial charge in [-0.3, -0.25) is 14.4 Å². The molecule has 1 aliphatic heterocycles. The highest BCUT2D eigenvalue weighted by Crippen LogP contribution is 2.32. The van der Waals surface area contributed by atoms with E-state index in [2.05, 4.69) is 0 Å². The molecule has 0 aromatic rings. The number of carbonyl (C=O) groups excluding carboxylic acids is 3. The molecule has 1 fully saturated rings. The van der Waals surface area contributed by atoms with Crippen molar-refractivity contribution in [2.45, 2.75) is 38.2 Å². The second-order valence-electron chi connectivity index (χ2n) is 3.90. The summed E-state index contributed by atoms with van der Waals surface area (Å²) in [7, 11) is 0. The Bertz CT molecular complexity index is 342. The van der Waals surface area contributed by atoms with Gasteiger partial charge in [-0.25, -0.2) is 0 Å². The summed E-state index contributed by atoms with van der Waals surface area (Å²) in [6.45, 7) is 4.03. The Morgan fingerprint density at radius 1 is 1.06 bits per heavy atom. The van der Waals surface area contributed by atoms with E-state index in [4.69, 9.17) is 14.2 Å². The van der Waals surface area contributed by atoms with E-state index < -0.39 is 30.1 Å². The van der Waals surface area contributed by atoms with Crippen LogP contribution in [0.3, 0.4) is 0 Å². The number of hydrogen-bond acceptors (Lipinski definition) is 7. The summed E-state index contributed by atoms with van der Waals surface area (Å²) >= 11 is 1.45. The minimum absolute atomic E-state index is 0.135. The van der Waals surface area contributed by atoms with E-state index in [1.54, 1.807) is 0 Å². The van der Waals surface area contributed by atoms with E-state index in [-0.39, 0.29) is 11.9 Å². The minimum Gasteiger partial charge on any atom is -0.465 e. The molecular formula is C11H16O6S. The van der Waals surface area contributed by atoms with Gasteiger partial charge in [-0.05, 0) is 0 Å². The highest BCUT2D eigenvalue weighted by molar-refractivity contribution is 8.00. The van der Waals surface area contributed by atoms with E-state index in [0.29, 0.717) is 5.75 Å². The average molecular weight is 276 g/mol. The largest absolute Gasteiger partial charge is 0.465 e. The smallest absolute Gasteiger partial charge is 0.303 e. The molecule has 1 saturated heterocycles. The van der Waals surface area contributed by atoms with Crippen molar-refractivity contribution >= 4 is 29.7 Å². The molecule has 7 heteroatoms. The van der Waals surface area contributed by atoms with Gasteiger partial charge in [0.25, 0.3) is 0 Å². The third kappa shape index (κ3) is 4.56. The van der Waals surface area contributed by atoms with E-state index in [9.17, 15) is 14.4 Å². The summed E-state index contributed by atoms with van der Waals surface area (Å²) in [6, 6.07) is 0. The lowest BCUT2D eigenvalue weighted by Gasteiger charge is -2.22. The fourth-order valence-corrected chi connectivity index (χ4v) is 2.93.